The molecule has 0 bridgehead atoms. The topological polar surface area (TPSA) is 79.4 Å². The number of ether oxygens (including phenoxy) is 1. The second kappa shape index (κ2) is 6.62. The van der Waals surface area contributed by atoms with Crippen molar-refractivity contribution in [2.75, 3.05) is 7.11 Å². The quantitative estimate of drug-likeness (QED) is 0.678. The normalized spacial score (nSPS) is 11.6. The van der Waals surface area contributed by atoms with Crippen molar-refractivity contribution in [2.45, 2.75) is 6.18 Å². The number of H-pyrrole nitrogens is 1. The van der Waals surface area contributed by atoms with Crippen LogP contribution >= 0.6 is 11.6 Å². The van der Waals surface area contributed by atoms with Crippen LogP contribution in [-0.2, 0) is 6.18 Å². The number of aromatic amines is 1. The van der Waals surface area contributed by atoms with Gasteiger partial charge >= 0.3 is 12.1 Å². The van der Waals surface area contributed by atoms with E-state index >= 15 is 0 Å². The molecule has 9 heteroatoms. The number of pyridine rings is 1. The van der Waals surface area contributed by atoms with Crippen LogP contribution in [0.4, 0.5) is 13.2 Å². The molecule has 0 aliphatic carbocycles. The number of fused-ring (bicyclic) bond motifs is 1. The maximum atomic E-state index is 13.2. The van der Waals surface area contributed by atoms with Gasteiger partial charge in [0, 0.05) is 27.1 Å². The predicted molar refractivity (Wildman–Crippen MR) is 93.5 cm³/mol. The molecule has 3 aromatic rings. The Morgan fingerprint density at radius 1 is 1.19 bits per heavy atom. The molecular formula is C18H11ClF3NO4. The lowest BCUT2D eigenvalue weighted by Crippen LogP contribution is -2.20. The molecule has 0 saturated heterocycles. The van der Waals surface area contributed by atoms with E-state index < -0.39 is 28.8 Å². The summed E-state index contributed by atoms with van der Waals surface area (Å²) in [5.41, 5.74) is -2.70. The van der Waals surface area contributed by atoms with Crippen LogP contribution in [0, 0.1) is 0 Å². The van der Waals surface area contributed by atoms with Crippen LogP contribution in [0.3, 0.4) is 0 Å². The zero-order valence-electron chi connectivity index (χ0n) is 13.6. The predicted octanol–water partition coefficient (Wildman–Crippen LogP) is 4.57. The molecule has 1 heterocycles. The highest BCUT2D eigenvalue weighted by Crippen LogP contribution is 2.39. The van der Waals surface area contributed by atoms with Crippen LogP contribution in [0.5, 0.6) is 5.75 Å². The SMILES string of the molecule is COc1ccc(Cl)cc1-c1c(C(=O)O)c(=O)[nH]c2ccc(C(F)(F)F)cc12. The van der Waals surface area contributed by atoms with Gasteiger partial charge in [0.05, 0.1) is 12.7 Å². The highest BCUT2D eigenvalue weighted by Gasteiger charge is 2.32. The Morgan fingerprint density at radius 2 is 1.89 bits per heavy atom. The summed E-state index contributed by atoms with van der Waals surface area (Å²) in [5.74, 6) is -1.43. The summed E-state index contributed by atoms with van der Waals surface area (Å²) in [5, 5.41) is 9.62. The van der Waals surface area contributed by atoms with Gasteiger partial charge in [0.15, 0.2) is 0 Å². The number of aromatic nitrogens is 1. The van der Waals surface area contributed by atoms with Crippen molar-refractivity contribution in [1.29, 1.82) is 0 Å². The first-order valence-corrected chi connectivity index (χ1v) is 7.85. The van der Waals surface area contributed by atoms with Gasteiger partial charge in [-0.25, -0.2) is 4.79 Å². The number of hydrogen-bond donors (Lipinski definition) is 2. The van der Waals surface area contributed by atoms with Crippen LogP contribution in [0.25, 0.3) is 22.0 Å². The van der Waals surface area contributed by atoms with Crippen molar-refractivity contribution in [3.8, 4) is 16.9 Å². The van der Waals surface area contributed by atoms with Crippen molar-refractivity contribution in [1.82, 2.24) is 4.98 Å². The molecular weight excluding hydrogens is 387 g/mol. The Kier molecular flexibility index (Phi) is 4.61. The van der Waals surface area contributed by atoms with E-state index in [1.54, 1.807) is 0 Å². The molecule has 0 aliphatic rings. The lowest BCUT2D eigenvalue weighted by molar-refractivity contribution is -0.137. The molecule has 140 valence electrons. The Labute approximate surface area is 155 Å². The number of nitrogens with one attached hydrogen (secondary N) is 1. The first-order chi connectivity index (χ1) is 12.6. The lowest BCUT2D eigenvalue weighted by atomic mass is 9.94. The summed E-state index contributed by atoms with van der Waals surface area (Å²) in [7, 11) is 1.31. The van der Waals surface area contributed by atoms with E-state index in [0.717, 1.165) is 18.2 Å². The van der Waals surface area contributed by atoms with Crippen molar-refractivity contribution >= 4 is 28.5 Å². The Hall–Kier alpha value is -3.00. The maximum Gasteiger partial charge on any atom is 0.416 e. The van der Waals surface area contributed by atoms with E-state index in [1.807, 2.05) is 0 Å². The highest BCUT2D eigenvalue weighted by molar-refractivity contribution is 6.31. The fourth-order valence-corrected chi connectivity index (χ4v) is 3.00. The molecule has 0 spiro atoms. The summed E-state index contributed by atoms with van der Waals surface area (Å²) in [6.45, 7) is 0. The van der Waals surface area contributed by atoms with Gasteiger partial charge in [0.1, 0.15) is 11.3 Å². The monoisotopic (exact) mass is 397 g/mol. The third-order valence-corrected chi connectivity index (χ3v) is 4.22. The van der Waals surface area contributed by atoms with Crippen LogP contribution in [0.1, 0.15) is 15.9 Å². The van der Waals surface area contributed by atoms with Crippen molar-refractivity contribution < 1.29 is 27.8 Å². The van der Waals surface area contributed by atoms with Crippen LogP contribution in [0.15, 0.2) is 41.2 Å². The lowest BCUT2D eigenvalue weighted by Gasteiger charge is -2.15. The maximum absolute atomic E-state index is 13.2. The van der Waals surface area contributed by atoms with Gasteiger partial charge in [-0.2, -0.15) is 13.2 Å². The van der Waals surface area contributed by atoms with Crippen molar-refractivity contribution in [2.24, 2.45) is 0 Å². The Balaban J connectivity index is 2.55. The minimum absolute atomic E-state index is 0.0510. The zero-order chi connectivity index (χ0) is 19.9. The van der Waals surface area contributed by atoms with Crippen LogP contribution in [0.2, 0.25) is 5.02 Å². The van der Waals surface area contributed by atoms with Crippen molar-refractivity contribution in [3.63, 3.8) is 0 Å². The Bertz CT molecular complexity index is 1120. The first-order valence-electron chi connectivity index (χ1n) is 7.48. The molecule has 2 N–H and O–H groups in total. The van der Waals surface area contributed by atoms with E-state index in [1.165, 1.54) is 25.3 Å². The molecule has 0 amide bonds. The van der Waals surface area contributed by atoms with E-state index in [4.69, 9.17) is 16.3 Å². The number of aromatic carboxylic acids is 1. The van der Waals surface area contributed by atoms with Gasteiger partial charge < -0.3 is 14.8 Å². The number of halogens is 4. The number of carboxylic acid groups (broad SMARTS) is 1. The van der Waals surface area contributed by atoms with Crippen LogP contribution < -0.4 is 10.3 Å². The highest BCUT2D eigenvalue weighted by atomic mass is 35.5. The Morgan fingerprint density at radius 3 is 2.48 bits per heavy atom. The minimum Gasteiger partial charge on any atom is -0.496 e. The van der Waals surface area contributed by atoms with E-state index in [9.17, 15) is 27.9 Å². The molecule has 27 heavy (non-hydrogen) atoms. The smallest absolute Gasteiger partial charge is 0.416 e. The molecule has 0 fully saturated rings. The number of carboxylic acids is 1. The summed E-state index contributed by atoms with van der Waals surface area (Å²) in [6, 6.07) is 6.91. The average molecular weight is 398 g/mol. The van der Waals surface area contributed by atoms with Gasteiger partial charge in [0.25, 0.3) is 5.56 Å². The summed E-state index contributed by atoms with van der Waals surface area (Å²) in [6.07, 6.45) is -4.65. The van der Waals surface area contributed by atoms with Gasteiger partial charge in [-0.1, -0.05) is 11.6 Å². The number of benzene rings is 2. The number of hydrogen-bond acceptors (Lipinski definition) is 3. The molecule has 0 aliphatic heterocycles. The molecule has 0 radical (unpaired) electrons. The van der Waals surface area contributed by atoms with Crippen molar-refractivity contribution in [3.05, 3.63) is 62.9 Å². The van der Waals surface area contributed by atoms with Gasteiger partial charge in [-0.3, -0.25) is 4.79 Å². The molecule has 2 aromatic carbocycles. The standard InChI is InChI=1S/C18H11ClF3NO4/c1-27-13-5-3-9(19)7-11(13)14-10-6-8(18(20,21)22)2-4-12(10)23-16(24)15(14)17(25)26/h2-7H,1H3,(H,23,24)(H,25,26). The van der Waals surface area contributed by atoms with E-state index in [-0.39, 0.29) is 32.8 Å². The molecule has 0 atom stereocenters. The molecule has 3 rings (SSSR count). The third-order valence-electron chi connectivity index (χ3n) is 3.99. The summed E-state index contributed by atoms with van der Waals surface area (Å²) in [4.78, 5) is 26.3. The number of methoxy groups -OCH3 is 1. The second-order valence-electron chi connectivity index (χ2n) is 5.61. The summed E-state index contributed by atoms with van der Waals surface area (Å²) < 4.78 is 44.7. The van der Waals surface area contributed by atoms with Gasteiger partial charge in [-0.15, -0.1) is 0 Å². The second-order valence-corrected chi connectivity index (χ2v) is 6.05. The fraction of sp³-hybridized carbons (Fsp3) is 0.111. The summed E-state index contributed by atoms with van der Waals surface area (Å²) >= 11 is 5.98. The van der Waals surface area contributed by atoms with E-state index in [2.05, 4.69) is 4.98 Å². The molecule has 1 aromatic heterocycles. The number of carbonyl (C=O) groups is 1. The average Bonchev–Trinajstić information content (AvgIpc) is 2.59. The van der Waals surface area contributed by atoms with Crippen LogP contribution in [-0.4, -0.2) is 23.2 Å². The largest absolute Gasteiger partial charge is 0.496 e. The number of alkyl halides is 3. The van der Waals surface area contributed by atoms with Gasteiger partial charge in [-0.05, 0) is 36.4 Å². The third kappa shape index (κ3) is 3.35. The zero-order valence-corrected chi connectivity index (χ0v) is 14.4. The van der Waals surface area contributed by atoms with E-state index in [0.29, 0.717) is 0 Å². The molecule has 5 nitrogen and oxygen atoms in total. The molecule has 0 saturated carbocycles. The first kappa shape index (κ1) is 18.8. The molecule has 0 unspecified atom stereocenters. The minimum atomic E-state index is -4.65. The van der Waals surface area contributed by atoms with Gasteiger partial charge in [0.2, 0.25) is 0 Å². The fourth-order valence-electron chi connectivity index (χ4n) is 2.83. The number of rotatable bonds is 3.